The van der Waals surface area contributed by atoms with Gasteiger partial charge in [0.05, 0.1) is 24.5 Å². The quantitative estimate of drug-likeness (QED) is 0.867. The number of hydrogen-bond acceptors (Lipinski definition) is 6. The Morgan fingerprint density at radius 1 is 1.40 bits per heavy atom. The first kappa shape index (κ1) is 14.3. The maximum Gasteiger partial charge on any atom is 0.186 e. The fourth-order valence-corrected chi connectivity index (χ4v) is 3.95. The van der Waals surface area contributed by atoms with Crippen LogP contribution in [0.4, 0.5) is 5.13 Å². The SMILES string of the molecule is CCNCc1sc(N2CC3CCC(C2)O3)nc1COC. The maximum atomic E-state index is 5.90. The number of ether oxygens (including phenoxy) is 2. The third kappa shape index (κ3) is 2.98. The van der Waals surface area contributed by atoms with Gasteiger partial charge in [0.25, 0.3) is 0 Å². The minimum absolute atomic E-state index is 0.403. The zero-order valence-electron chi connectivity index (χ0n) is 12.2. The summed E-state index contributed by atoms with van der Waals surface area (Å²) in [6.45, 7) is 6.53. The molecule has 2 unspecified atom stereocenters. The highest BCUT2D eigenvalue weighted by Gasteiger charge is 2.35. The van der Waals surface area contributed by atoms with Crippen molar-refractivity contribution in [3.63, 3.8) is 0 Å². The Morgan fingerprint density at radius 2 is 2.15 bits per heavy atom. The average molecular weight is 297 g/mol. The van der Waals surface area contributed by atoms with Crippen LogP contribution in [0.15, 0.2) is 0 Å². The molecule has 2 atom stereocenters. The van der Waals surface area contributed by atoms with Crippen molar-refractivity contribution in [3.8, 4) is 0 Å². The fourth-order valence-electron chi connectivity index (χ4n) is 2.90. The van der Waals surface area contributed by atoms with Crippen LogP contribution in [0.2, 0.25) is 0 Å². The van der Waals surface area contributed by atoms with Crippen LogP contribution in [0.3, 0.4) is 0 Å². The van der Waals surface area contributed by atoms with E-state index in [-0.39, 0.29) is 0 Å². The van der Waals surface area contributed by atoms with Crippen LogP contribution >= 0.6 is 11.3 Å². The molecule has 2 saturated heterocycles. The van der Waals surface area contributed by atoms with E-state index in [1.54, 1.807) is 18.4 Å². The van der Waals surface area contributed by atoms with Gasteiger partial charge in [0.2, 0.25) is 0 Å². The number of morpholine rings is 1. The lowest BCUT2D eigenvalue weighted by molar-refractivity contribution is 0.0304. The summed E-state index contributed by atoms with van der Waals surface area (Å²) < 4.78 is 11.2. The van der Waals surface area contributed by atoms with Crippen molar-refractivity contribution in [2.75, 3.05) is 31.6 Å². The third-order valence-corrected chi connectivity index (χ3v) is 5.06. The van der Waals surface area contributed by atoms with Crippen LogP contribution in [0.25, 0.3) is 0 Å². The minimum Gasteiger partial charge on any atom is -0.378 e. The van der Waals surface area contributed by atoms with E-state index in [1.807, 2.05) is 0 Å². The van der Waals surface area contributed by atoms with Crippen molar-refractivity contribution in [1.82, 2.24) is 10.3 Å². The second-order valence-electron chi connectivity index (χ2n) is 5.44. The molecular formula is C14H23N3O2S. The predicted molar refractivity (Wildman–Crippen MR) is 80.3 cm³/mol. The molecule has 1 aromatic heterocycles. The van der Waals surface area contributed by atoms with Crippen LogP contribution in [-0.4, -0.2) is 43.9 Å². The predicted octanol–water partition coefficient (Wildman–Crippen LogP) is 1.77. The molecule has 0 amide bonds. The maximum absolute atomic E-state index is 5.90. The number of rotatable bonds is 6. The molecule has 2 aliphatic rings. The number of fused-ring (bicyclic) bond motifs is 2. The van der Waals surface area contributed by atoms with Crippen molar-refractivity contribution in [3.05, 3.63) is 10.6 Å². The molecule has 2 fully saturated rings. The summed E-state index contributed by atoms with van der Waals surface area (Å²) in [6, 6.07) is 0. The molecule has 3 rings (SSSR count). The molecule has 112 valence electrons. The summed E-state index contributed by atoms with van der Waals surface area (Å²) in [5.41, 5.74) is 1.08. The second kappa shape index (κ2) is 6.39. The molecule has 0 saturated carbocycles. The Bertz CT molecular complexity index is 440. The van der Waals surface area contributed by atoms with E-state index in [0.717, 1.165) is 37.0 Å². The summed E-state index contributed by atoms with van der Waals surface area (Å²) in [4.78, 5) is 8.49. The summed E-state index contributed by atoms with van der Waals surface area (Å²) >= 11 is 1.79. The Labute approximate surface area is 124 Å². The molecule has 1 aromatic rings. The average Bonchev–Trinajstić information content (AvgIpc) is 3.01. The largest absolute Gasteiger partial charge is 0.378 e. The number of nitrogens with zero attached hydrogens (tertiary/aromatic N) is 2. The van der Waals surface area contributed by atoms with Gasteiger partial charge in [-0.05, 0) is 19.4 Å². The van der Waals surface area contributed by atoms with Gasteiger partial charge in [0.15, 0.2) is 5.13 Å². The molecule has 2 aliphatic heterocycles. The van der Waals surface area contributed by atoms with E-state index in [2.05, 4.69) is 17.1 Å². The number of nitrogens with one attached hydrogen (secondary N) is 1. The highest BCUT2D eigenvalue weighted by molar-refractivity contribution is 7.15. The van der Waals surface area contributed by atoms with E-state index in [1.165, 1.54) is 17.7 Å². The molecule has 0 aliphatic carbocycles. The van der Waals surface area contributed by atoms with E-state index >= 15 is 0 Å². The van der Waals surface area contributed by atoms with Gasteiger partial charge in [-0.15, -0.1) is 11.3 Å². The Kier molecular flexibility index (Phi) is 4.55. The molecule has 5 nitrogen and oxygen atoms in total. The fraction of sp³-hybridized carbons (Fsp3) is 0.786. The zero-order chi connectivity index (χ0) is 13.9. The molecule has 2 bridgehead atoms. The highest BCUT2D eigenvalue weighted by atomic mass is 32.1. The Balaban J connectivity index is 1.75. The molecular weight excluding hydrogens is 274 g/mol. The van der Waals surface area contributed by atoms with Crippen LogP contribution < -0.4 is 10.2 Å². The first-order valence-corrected chi connectivity index (χ1v) is 8.20. The van der Waals surface area contributed by atoms with Gasteiger partial charge in [-0.1, -0.05) is 6.92 Å². The Morgan fingerprint density at radius 3 is 2.80 bits per heavy atom. The smallest absolute Gasteiger partial charge is 0.186 e. The zero-order valence-corrected chi connectivity index (χ0v) is 13.0. The molecule has 6 heteroatoms. The van der Waals surface area contributed by atoms with E-state index in [9.17, 15) is 0 Å². The molecule has 3 heterocycles. The van der Waals surface area contributed by atoms with Crippen LogP contribution in [0.1, 0.15) is 30.3 Å². The molecule has 20 heavy (non-hydrogen) atoms. The van der Waals surface area contributed by atoms with Gasteiger partial charge in [0.1, 0.15) is 0 Å². The molecule has 1 N–H and O–H groups in total. The lowest BCUT2D eigenvalue weighted by atomic mass is 10.2. The van der Waals surface area contributed by atoms with Gasteiger partial charge in [-0.25, -0.2) is 4.98 Å². The van der Waals surface area contributed by atoms with E-state index < -0.39 is 0 Å². The van der Waals surface area contributed by atoms with E-state index in [0.29, 0.717) is 18.8 Å². The lowest BCUT2D eigenvalue weighted by Crippen LogP contribution is -2.42. The van der Waals surface area contributed by atoms with Gasteiger partial charge in [-0.2, -0.15) is 0 Å². The van der Waals surface area contributed by atoms with Gasteiger partial charge in [0, 0.05) is 31.6 Å². The molecule has 0 radical (unpaired) electrons. The first-order chi connectivity index (χ1) is 9.80. The third-order valence-electron chi connectivity index (χ3n) is 3.90. The van der Waals surface area contributed by atoms with Crippen molar-refractivity contribution < 1.29 is 9.47 Å². The van der Waals surface area contributed by atoms with Crippen LogP contribution in [0, 0.1) is 0 Å². The van der Waals surface area contributed by atoms with Crippen molar-refractivity contribution in [1.29, 1.82) is 0 Å². The number of hydrogen-bond donors (Lipinski definition) is 1. The number of thiazole rings is 1. The minimum atomic E-state index is 0.403. The lowest BCUT2D eigenvalue weighted by Gasteiger charge is -2.31. The van der Waals surface area contributed by atoms with Gasteiger partial charge in [-0.3, -0.25) is 0 Å². The summed E-state index contributed by atoms with van der Waals surface area (Å²) in [5.74, 6) is 0. The normalized spacial score (nSPS) is 25.4. The standard InChI is InChI=1S/C14H23N3O2S/c1-3-15-6-13-12(9-18-2)16-14(20-13)17-7-10-4-5-11(8-17)19-10/h10-11,15H,3-9H2,1-2H3. The highest BCUT2D eigenvalue weighted by Crippen LogP contribution is 2.33. The first-order valence-electron chi connectivity index (χ1n) is 7.38. The molecule has 0 aromatic carbocycles. The Hall–Kier alpha value is -0.690. The van der Waals surface area contributed by atoms with Gasteiger partial charge < -0.3 is 19.7 Å². The van der Waals surface area contributed by atoms with Crippen molar-refractivity contribution >= 4 is 16.5 Å². The van der Waals surface area contributed by atoms with Crippen molar-refractivity contribution in [2.45, 2.75) is 45.1 Å². The summed E-state index contributed by atoms with van der Waals surface area (Å²) in [5, 5.41) is 4.51. The van der Waals surface area contributed by atoms with E-state index in [4.69, 9.17) is 14.5 Å². The monoisotopic (exact) mass is 297 g/mol. The second-order valence-corrected chi connectivity index (χ2v) is 6.50. The number of anilines is 1. The topological polar surface area (TPSA) is 46.6 Å². The van der Waals surface area contributed by atoms with Crippen molar-refractivity contribution in [2.24, 2.45) is 0 Å². The molecule has 0 spiro atoms. The van der Waals surface area contributed by atoms with Gasteiger partial charge >= 0.3 is 0 Å². The number of aromatic nitrogens is 1. The summed E-state index contributed by atoms with van der Waals surface area (Å²) in [7, 11) is 1.73. The summed E-state index contributed by atoms with van der Waals surface area (Å²) in [6.07, 6.45) is 3.20. The van der Waals surface area contributed by atoms with Crippen LogP contribution in [-0.2, 0) is 22.6 Å². The van der Waals surface area contributed by atoms with Crippen LogP contribution in [0.5, 0.6) is 0 Å². The number of methoxy groups -OCH3 is 1.